The second-order valence-electron chi connectivity index (χ2n) is 7.28. The van der Waals surface area contributed by atoms with Crippen LogP contribution in [0.4, 0.5) is 0 Å². The summed E-state index contributed by atoms with van der Waals surface area (Å²) in [6.07, 6.45) is 4.05. The molecule has 2 aliphatic heterocycles. The van der Waals surface area contributed by atoms with E-state index in [2.05, 4.69) is 27.9 Å². The first-order valence-electron chi connectivity index (χ1n) is 9.81. The number of hydrogen-bond acceptors (Lipinski definition) is 7. The van der Waals surface area contributed by atoms with Crippen LogP contribution < -0.4 is 18.9 Å². The van der Waals surface area contributed by atoms with Gasteiger partial charge in [-0.2, -0.15) is 0 Å². The Morgan fingerprint density at radius 3 is 2.71 bits per heavy atom. The number of pyridine rings is 2. The Morgan fingerprint density at radius 1 is 1.14 bits per heavy atom. The molecule has 1 saturated heterocycles. The van der Waals surface area contributed by atoms with Gasteiger partial charge in [-0.25, -0.2) is 9.97 Å². The van der Waals surface area contributed by atoms with Gasteiger partial charge in [0.1, 0.15) is 25.1 Å². The highest BCUT2D eigenvalue weighted by atomic mass is 16.6. The first-order valence-corrected chi connectivity index (χ1v) is 9.81. The number of nitrogens with zero attached hydrogens (tertiary/aromatic N) is 3. The molecule has 2 aromatic heterocycles. The van der Waals surface area contributed by atoms with Crippen LogP contribution in [0.15, 0.2) is 24.4 Å². The quantitative estimate of drug-likeness (QED) is 0.783. The number of methoxy groups -OCH3 is 1. The number of rotatable bonds is 5. The zero-order valence-corrected chi connectivity index (χ0v) is 16.7. The van der Waals surface area contributed by atoms with Crippen LogP contribution in [-0.2, 0) is 0 Å². The number of aryl methyl sites for hydroxylation is 1. The maximum Gasteiger partial charge on any atom is 0.257 e. The molecule has 4 heterocycles. The molecule has 1 atom stereocenters. The van der Waals surface area contributed by atoms with Crippen LogP contribution in [0.1, 0.15) is 37.1 Å². The van der Waals surface area contributed by atoms with E-state index in [9.17, 15) is 0 Å². The van der Waals surface area contributed by atoms with E-state index in [1.165, 1.54) is 0 Å². The molecule has 0 amide bonds. The van der Waals surface area contributed by atoms with Crippen molar-refractivity contribution in [3.05, 3.63) is 35.7 Å². The topological polar surface area (TPSA) is 65.9 Å². The van der Waals surface area contributed by atoms with Gasteiger partial charge in [-0.15, -0.1) is 0 Å². The van der Waals surface area contributed by atoms with Crippen molar-refractivity contribution in [1.82, 2.24) is 14.9 Å². The highest BCUT2D eigenvalue weighted by molar-refractivity contribution is 5.38. The fourth-order valence-electron chi connectivity index (χ4n) is 3.74. The third kappa shape index (κ3) is 4.14. The summed E-state index contributed by atoms with van der Waals surface area (Å²) in [6, 6.07) is 6.13. The molecule has 2 aromatic rings. The van der Waals surface area contributed by atoms with Gasteiger partial charge in [-0.1, -0.05) is 0 Å². The standard InChI is InChI=1S/C21H27N3O4/c1-14-10-18(12-20(23-14)25-3)28-17-4-6-24(7-5-17)15(2)16-11-19-21(22-13-16)27-9-8-26-19/h10-13,15,17H,4-9H2,1-3H3. The normalized spacial score (nSPS) is 18.5. The predicted molar refractivity (Wildman–Crippen MR) is 104 cm³/mol. The molecule has 1 fully saturated rings. The highest BCUT2D eigenvalue weighted by Gasteiger charge is 2.26. The smallest absolute Gasteiger partial charge is 0.257 e. The maximum atomic E-state index is 6.19. The first kappa shape index (κ1) is 18.8. The van der Waals surface area contributed by atoms with Crippen molar-refractivity contribution < 1.29 is 18.9 Å². The molecule has 7 nitrogen and oxygen atoms in total. The summed E-state index contributed by atoms with van der Waals surface area (Å²) in [6.45, 7) is 7.25. The van der Waals surface area contributed by atoms with Crippen LogP contribution in [0.5, 0.6) is 23.3 Å². The fraction of sp³-hybridized carbons (Fsp3) is 0.524. The van der Waals surface area contributed by atoms with Crippen molar-refractivity contribution in [2.75, 3.05) is 33.4 Å². The van der Waals surface area contributed by atoms with Gasteiger partial charge in [0, 0.05) is 43.2 Å². The molecule has 7 heteroatoms. The molecule has 0 N–H and O–H groups in total. The van der Waals surface area contributed by atoms with Crippen molar-refractivity contribution in [3.63, 3.8) is 0 Å². The van der Waals surface area contributed by atoms with Gasteiger partial charge in [0.15, 0.2) is 5.75 Å². The van der Waals surface area contributed by atoms with Crippen molar-refractivity contribution in [2.45, 2.75) is 38.8 Å². The molecule has 0 spiro atoms. The lowest BCUT2D eigenvalue weighted by atomic mass is 10.0. The Kier molecular flexibility index (Phi) is 5.52. The molecule has 1 unspecified atom stereocenters. The monoisotopic (exact) mass is 385 g/mol. The fourth-order valence-corrected chi connectivity index (χ4v) is 3.74. The number of hydrogen-bond donors (Lipinski definition) is 0. The van der Waals surface area contributed by atoms with Gasteiger partial charge in [-0.3, -0.25) is 4.90 Å². The number of likely N-dealkylation sites (tertiary alicyclic amines) is 1. The van der Waals surface area contributed by atoms with E-state index in [0.29, 0.717) is 25.0 Å². The molecule has 0 saturated carbocycles. The lowest BCUT2D eigenvalue weighted by Gasteiger charge is -2.36. The van der Waals surface area contributed by atoms with E-state index in [0.717, 1.165) is 48.7 Å². The van der Waals surface area contributed by atoms with Crippen LogP contribution in [0.25, 0.3) is 0 Å². The molecule has 2 aliphatic rings. The molecular formula is C21H27N3O4. The zero-order valence-electron chi connectivity index (χ0n) is 16.7. The van der Waals surface area contributed by atoms with Crippen molar-refractivity contribution in [2.24, 2.45) is 0 Å². The molecule has 28 heavy (non-hydrogen) atoms. The third-order valence-corrected chi connectivity index (χ3v) is 5.34. The summed E-state index contributed by atoms with van der Waals surface area (Å²) in [5.74, 6) is 2.76. The van der Waals surface area contributed by atoms with Gasteiger partial charge < -0.3 is 18.9 Å². The van der Waals surface area contributed by atoms with Crippen LogP contribution >= 0.6 is 0 Å². The Morgan fingerprint density at radius 2 is 1.93 bits per heavy atom. The van der Waals surface area contributed by atoms with Crippen LogP contribution in [-0.4, -0.2) is 54.4 Å². The van der Waals surface area contributed by atoms with Gasteiger partial charge in [0.25, 0.3) is 5.88 Å². The minimum atomic E-state index is 0.202. The molecule has 4 rings (SSSR count). The van der Waals surface area contributed by atoms with Crippen molar-refractivity contribution >= 4 is 0 Å². The van der Waals surface area contributed by atoms with E-state index < -0.39 is 0 Å². The largest absolute Gasteiger partial charge is 0.490 e. The summed E-state index contributed by atoms with van der Waals surface area (Å²) in [5, 5.41) is 0. The summed E-state index contributed by atoms with van der Waals surface area (Å²) >= 11 is 0. The van der Waals surface area contributed by atoms with E-state index >= 15 is 0 Å². The minimum absolute atomic E-state index is 0.202. The van der Waals surface area contributed by atoms with E-state index in [1.807, 2.05) is 25.3 Å². The average molecular weight is 385 g/mol. The van der Waals surface area contributed by atoms with Crippen molar-refractivity contribution in [1.29, 1.82) is 0 Å². The van der Waals surface area contributed by atoms with Gasteiger partial charge >= 0.3 is 0 Å². The Labute approximate surface area is 165 Å². The molecule has 0 radical (unpaired) electrons. The summed E-state index contributed by atoms with van der Waals surface area (Å²) in [7, 11) is 1.62. The highest BCUT2D eigenvalue weighted by Crippen LogP contribution is 2.33. The second kappa shape index (κ2) is 8.22. The lowest BCUT2D eigenvalue weighted by Crippen LogP contribution is -2.39. The summed E-state index contributed by atoms with van der Waals surface area (Å²) in [5.41, 5.74) is 2.05. The molecule has 0 aromatic carbocycles. The van der Waals surface area contributed by atoms with E-state index in [4.69, 9.17) is 18.9 Å². The zero-order chi connectivity index (χ0) is 19.5. The maximum absolute atomic E-state index is 6.19. The lowest BCUT2D eigenvalue weighted by molar-refractivity contribution is 0.0791. The van der Waals surface area contributed by atoms with Gasteiger partial charge in [-0.05, 0) is 38.3 Å². The van der Waals surface area contributed by atoms with E-state index in [-0.39, 0.29) is 12.1 Å². The molecule has 0 bridgehead atoms. The van der Waals surface area contributed by atoms with Crippen LogP contribution in [0, 0.1) is 6.92 Å². The minimum Gasteiger partial charge on any atom is -0.490 e. The van der Waals surface area contributed by atoms with Crippen LogP contribution in [0.3, 0.4) is 0 Å². The van der Waals surface area contributed by atoms with Crippen LogP contribution in [0.2, 0.25) is 0 Å². The molecule has 0 aliphatic carbocycles. The molecule has 150 valence electrons. The average Bonchev–Trinajstić information content (AvgIpc) is 2.73. The Balaban J connectivity index is 1.35. The first-order chi connectivity index (χ1) is 13.6. The number of piperidine rings is 1. The third-order valence-electron chi connectivity index (χ3n) is 5.34. The van der Waals surface area contributed by atoms with Crippen molar-refractivity contribution in [3.8, 4) is 23.3 Å². The van der Waals surface area contributed by atoms with Gasteiger partial charge in [0.05, 0.1) is 7.11 Å². The number of aromatic nitrogens is 2. The SMILES string of the molecule is COc1cc(OC2CCN(C(C)c3cnc4c(c3)OCCO4)CC2)cc(C)n1. The molecular weight excluding hydrogens is 358 g/mol. The Hall–Kier alpha value is -2.54. The van der Waals surface area contributed by atoms with E-state index in [1.54, 1.807) is 7.11 Å². The Bertz CT molecular complexity index is 821. The van der Waals surface area contributed by atoms with Gasteiger partial charge in [0.2, 0.25) is 5.88 Å². The summed E-state index contributed by atoms with van der Waals surface area (Å²) in [4.78, 5) is 11.2. The second-order valence-corrected chi connectivity index (χ2v) is 7.28. The number of ether oxygens (including phenoxy) is 4. The predicted octanol–water partition coefficient (Wildman–Crippen LogP) is 3.17. The number of fused-ring (bicyclic) bond motifs is 1. The summed E-state index contributed by atoms with van der Waals surface area (Å²) < 4.78 is 22.6.